The maximum atomic E-state index is 13.0. The number of esters is 1. The van der Waals surface area contributed by atoms with E-state index < -0.39 is 5.97 Å². The molecule has 0 fully saturated rings. The topological polar surface area (TPSA) is 77.0 Å². The lowest BCUT2D eigenvalue weighted by Gasteiger charge is -2.21. The number of nitrogens with zero attached hydrogens (tertiary/aromatic N) is 1. The minimum absolute atomic E-state index is 0.0905. The summed E-state index contributed by atoms with van der Waals surface area (Å²) in [5.74, 6) is -0.149. The van der Waals surface area contributed by atoms with Crippen molar-refractivity contribution in [3.63, 3.8) is 0 Å². The molecule has 31 heavy (non-hydrogen) atoms. The molecule has 3 rings (SSSR count). The lowest BCUT2D eigenvalue weighted by atomic mass is 9.86. The van der Waals surface area contributed by atoms with Crippen LogP contribution in [0.2, 0.25) is 0 Å². The molecule has 6 heteroatoms. The number of rotatable bonds is 6. The van der Waals surface area contributed by atoms with Gasteiger partial charge in [-0.2, -0.15) is 0 Å². The van der Waals surface area contributed by atoms with E-state index in [1.54, 1.807) is 20.1 Å². The second-order valence-corrected chi connectivity index (χ2v) is 8.29. The lowest BCUT2D eigenvalue weighted by Crippen LogP contribution is -2.17. The summed E-state index contributed by atoms with van der Waals surface area (Å²) in [5.41, 5.74) is 4.18. The molecule has 1 N–H and O–H groups in total. The fourth-order valence-corrected chi connectivity index (χ4v) is 3.28. The van der Waals surface area contributed by atoms with E-state index in [0.29, 0.717) is 35.9 Å². The molecule has 1 amide bonds. The first-order chi connectivity index (χ1) is 14.7. The van der Waals surface area contributed by atoms with Gasteiger partial charge in [0.25, 0.3) is 5.91 Å². The highest BCUT2D eigenvalue weighted by Gasteiger charge is 2.20. The summed E-state index contributed by atoms with van der Waals surface area (Å²) in [6, 6.07) is 13.1. The zero-order valence-corrected chi connectivity index (χ0v) is 18.6. The summed E-state index contributed by atoms with van der Waals surface area (Å²) in [7, 11) is 1.55. The lowest BCUT2D eigenvalue weighted by molar-refractivity contribution is -0.134. The van der Waals surface area contributed by atoms with Crippen molar-refractivity contribution in [2.75, 3.05) is 25.6 Å². The van der Waals surface area contributed by atoms with Gasteiger partial charge in [-0.25, -0.2) is 4.79 Å². The molecule has 0 atom stereocenters. The molecule has 0 unspecified atom stereocenters. The van der Waals surface area contributed by atoms with Crippen LogP contribution in [0.4, 0.5) is 5.69 Å². The van der Waals surface area contributed by atoms with Gasteiger partial charge in [0.1, 0.15) is 11.5 Å². The van der Waals surface area contributed by atoms with E-state index in [-0.39, 0.29) is 11.3 Å². The van der Waals surface area contributed by atoms with Crippen molar-refractivity contribution in [1.29, 1.82) is 0 Å². The van der Waals surface area contributed by atoms with Gasteiger partial charge in [-0.15, -0.1) is 0 Å². The molecule has 0 aromatic heterocycles. The molecule has 0 aliphatic carbocycles. The van der Waals surface area contributed by atoms with Crippen LogP contribution in [0.5, 0.6) is 5.75 Å². The zero-order valence-electron chi connectivity index (χ0n) is 18.6. The number of methoxy groups -OCH3 is 1. The van der Waals surface area contributed by atoms with Crippen LogP contribution in [-0.4, -0.2) is 37.8 Å². The molecule has 1 aliphatic rings. The van der Waals surface area contributed by atoms with Crippen LogP contribution in [0, 0.1) is 0 Å². The third-order valence-electron chi connectivity index (χ3n) is 5.02. The van der Waals surface area contributed by atoms with E-state index in [0.717, 1.165) is 16.7 Å². The first kappa shape index (κ1) is 22.3. The molecule has 162 valence electrons. The van der Waals surface area contributed by atoms with E-state index in [1.165, 1.54) is 0 Å². The predicted molar refractivity (Wildman–Crippen MR) is 123 cm³/mol. The largest absolute Gasteiger partial charge is 0.496 e. The monoisotopic (exact) mass is 420 g/mol. The van der Waals surface area contributed by atoms with Gasteiger partial charge in [0.05, 0.1) is 25.8 Å². The number of nitrogens with one attached hydrogen (secondary N) is 1. The van der Waals surface area contributed by atoms with Crippen LogP contribution in [-0.2, 0) is 14.9 Å². The highest BCUT2D eigenvalue weighted by molar-refractivity contribution is 6.43. The van der Waals surface area contributed by atoms with Gasteiger partial charge in [-0.1, -0.05) is 39.0 Å². The second kappa shape index (κ2) is 9.16. The van der Waals surface area contributed by atoms with Gasteiger partial charge in [-0.3, -0.25) is 9.79 Å². The van der Waals surface area contributed by atoms with E-state index in [4.69, 9.17) is 9.47 Å². The van der Waals surface area contributed by atoms with Gasteiger partial charge in [0, 0.05) is 5.69 Å². The van der Waals surface area contributed by atoms with Crippen LogP contribution < -0.4 is 10.1 Å². The summed E-state index contributed by atoms with van der Waals surface area (Å²) >= 11 is 0. The van der Waals surface area contributed by atoms with Crippen molar-refractivity contribution in [2.24, 2.45) is 4.99 Å². The minimum Gasteiger partial charge on any atom is -0.496 e. The Morgan fingerprint density at radius 1 is 1.13 bits per heavy atom. The van der Waals surface area contributed by atoms with Crippen LogP contribution in [0.25, 0.3) is 5.57 Å². The molecule has 0 radical (unpaired) electrons. The predicted octanol–water partition coefficient (Wildman–Crippen LogP) is 4.65. The maximum Gasteiger partial charge on any atom is 0.356 e. The highest BCUT2D eigenvalue weighted by atomic mass is 16.5. The SMILES string of the molecule is CCOC(=O)C1=NCC(c2cccc(NC(=O)c3cc(C(C)(C)C)ccc3OC)c2)=C1. The standard InChI is InChI=1S/C25H28N2O4/c1-6-31-24(29)21-13-17(15-26-21)16-8-7-9-19(12-16)27-23(28)20-14-18(25(2,3)4)10-11-22(20)30-5/h7-14H,6,15H2,1-5H3,(H,27,28). The Labute approximate surface area is 183 Å². The Morgan fingerprint density at radius 2 is 1.90 bits per heavy atom. The maximum absolute atomic E-state index is 13.0. The number of carbonyl (C=O) groups is 2. The molecule has 0 saturated heterocycles. The Kier molecular flexibility index (Phi) is 6.59. The molecule has 0 saturated carbocycles. The number of carbonyl (C=O) groups excluding carboxylic acids is 2. The Hall–Kier alpha value is -3.41. The fourth-order valence-electron chi connectivity index (χ4n) is 3.28. The van der Waals surface area contributed by atoms with E-state index in [1.807, 2.05) is 42.5 Å². The van der Waals surface area contributed by atoms with Crippen LogP contribution in [0.15, 0.2) is 53.5 Å². The minimum atomic E-state index is -0.423. The summed E-state index contributed by atoms with van der Waals surface area (Å²) in [6.45, 7) is 8.76. The summed E-state index contributed by atoms with van der Waals surface area (Å²) in [6.07, 6.45) is 1.73. The molecular weight excluding hydrogens is 392 g/mol. The van der Waals surface area contributed by atoms with E-state index in [9.17, 15) is 9.59 Å². The van der Waals surface area contributed by atoms with Crippen LogP contribution in [0.1, 0.15) is 49.2 Å². The van der Waals surface area contributed by atoms with Gasteiger partial charge in [0.2, 0.25) is 0 Å². The third-order valence-corrected chi connectivity index (χ3v) is 5.02. The normalized spacial score (nSPS) is 13.3. The van der Waals surface area contributed by atoms with Crippen molar-refractivity contribution >= 4 is 28.8 Å². The van der Waals surface area contributed by atoms with Gasteiger partial charge < -0.3 is 14.8 Å². The number of benzene rings is 2. The summed E-state index contributed by atoms with van der Waals surface area (Å²) in [4.78, 5) is 29.2. The molecule has 0 bridgehead atoms. The molecule has 2 aromatic rings. The quantitative estimate of drug-likeness (QED) is 0.691. The zero-order chi connectivity index (χ0) is 22.6. The molecule has 0 spiro atoms. The number of amides is 1. The smallest absolute Gasteiger partial charge is 0.356 e. The van der Waals surface area contributed by atoms with Crippen molar-refractivity contribution < 1.29 is 19.1 Å². The fraction of sp³-hybridized carbons (Fsp3) is 0.320. The number of ether oxygens (including phenoxy) is 2. The van der Waals surface area contributed by atoms with E-state index >= 15 is 0 Å². The summed E-state index contributed by atoms with van der Waals surface area (Å²) < 4.78 is 10.4. The average Bonchev–Trinajstić information content (AvgIpc) is 3.23. The molecule has 1 heterocycles. The number of hydrogen-bond acceptors (Lipinski definition) is 5. The van der Waals surface area contributed by atoms with Crippen molar-refractivity contribution in [3.8, 4) is 5.75 Å². The molecule has 1 aliphatic heterocycles. The van der Waals surface area contributed by atoms with Gasteiger partial charge in [-0.05, 0) is 59.4 Å². The van der Waals surface area contributed by atoms with E-state index in [2.05, 4.69) is 31.1 Å². The van der Waals surface area contributed by atoms with Gasteiger partial charge >= 0.3 is 5.97 Å². The third kappa shape index (κ3) is 5.20. The second-order valence-electron chi connectivity index (χ2n) is 8.29. The van der Waals surface area contributed by atoms with Gasteiger partial charge in [0.15, 0.2) is 0 Å². The molecule has 6 nitrogen and oxygen atoms in total. The van der Waals surface area contributed by atoms with Crippen LogP contribution in [0.3, 0.4) is 0 Å². The number of hydrogen-bond donors (Lipinski definition) is 1. The first-order valence-corrected chi connectivity index (χ1v) is 10.3. The van der Waals surface area contributed by atoms with Crippen molar-refractivity contribution in [2.45, 2.75) is 33.1 Å². The highest BCUT2D eigenvalue weighted by Crippen LogP contribution is 2.29. The summed E-state index contributed by atoms with van der Waals surface area (Å²) in [5, 5.41) is 2.95. The van der Waals surface area contributed by atoms with Crippen LogP contribution >= 0.6 is 0 Å². The van der Waals surface area contributed by atoms with Crippen molar-refractivity contribution in [1.82, 2.24) is 0 Å². The molecular formula is C25H28N2O4. The first-order valence-electron chi connectivity index (χ1n) is 10.3. The Balaban J connectivity index is 1.82. The Morgan fingerprint density at radius 3 is 2.58 bits per heavy atom. The van der Waals surface area contributed by atoms with Crippen molar-refractivity contribution in [3.05, 3.63) is 65.2 Å². The Bertz CT molecular complexity index is 1060. The average molecular weight is 421 g/mol. The number of aliphatic imine (C=N–C) groups is 1. The molecule has 2 aromatic carbocycles. The number of anilines is 1.